The summed E-state index contributed by atoms with van der Waals surface area (Å²) in [5.74, 6) is 1.36. The van der Waals surface area contributed by atoms with Crippen LogP contribution < -0.4 is 4.90 Å². The number of halogens is 3. The summed E-state index contributed by atoms with van der Waals surface area (Å²) in [6, 6.07) is 1.99. The van der Waals surface area contributed by atoms with E-state index in [1.165, 1.54) is 11.9 Å². The van der Waals surface area contributed by atoms with E-state index in [9.17, 15) is 13.2 Å². The molecule has 5 heterocycles. The van der Waals surface area contributed by atoms with Crippen molar-refractivity contribution >= 4 is 27.4 Å². The Morgan fingerprint density at radius 1 is 1.18 bits per heavy atom. The number of anilines is 1. The van der Waals surface area contributed by atoms with Crippen molar-refractivity contribution in [3.63, 3.8) is 0 Å². The Labute approximate surface area is 195 Å². The molecule has 33 heavy (non-hydrogen) atoms. The van der Waals surface area contributed by atoms with Crippen LogP contribution in [0.15, 0.2) is 24.8 Å². The summed E-state index contributed by atoms with van der Waals surface area (Å²) in [7, 11) is 1.95. The average molecular weight is 479 g/mol. The third-order valence-electron chi connectivity index (χ3n) is 6.79. The number of hydrogen-bond acceptors (Lipinski definition) is 6. The molecule has 0 unspecified atom stereocenters. The van der Waals surface area contributed by atoms with Crippen molar-refractivity contribution in [2.45, 2.75) is 45.3 Å². The zero-order valence-electron chi connectivity index (χ0n) is 19.1. The van der Waals surface area contributed by atoms with E-state index in [0.717, 1.165) is 61.6 Å². The van der Waals surface area contributed by atoms with Gasteiger partial charge in [0.2, 0.25) is 0 Å². The summed E-state index contributed by atoms with van der Waals surface area (Å²) in [5, 5.41) is 5.12. The van der Waals surface area contributed by atoms with Crippen LogP contribution in [0.5, 0.6) is 0 Å². The highest BCUT2D eigenvalue weighted by Gasteiger charge is 2.50. The largest absolute Gasteiger partial charge is 0.393 e. The molecule has 2 aliphatic rings. The van der Waals surface area contributed by atoms with E-state index in [-0.39, 0.29) is 10.3 Å². The van der Waals surface area contributed by atoms with Gasteiger partial charge in [0.1, 0.15) is 17.0 Å². The highest BCUT2D eigenvalue weighted by molar-refractivity contribution is 7.18. The third kappa shape index (κ3) is 4.59. The van der Waals surface area contributed by atoms with Gasteiger partial charge in [-0.15, -0.1) is 11.3 Å². The van der Waals surface area contributed by atoms with Crippen LogP contribution in [-0.4, -0.2) is 57.0 Å². The first-order chi connectivity index (χ1) is 15.6. The highest BCUT2D eigenvalue weighted by Crippen LogP contribution is 2.46. The summed E-state index contributed by atoms with van der Waals surface area (Å²) in [5.41, 5.74) is 1.48. The zero-order chi connectivity index (χ0) is 23.4. The van der Waals surface area contributed by atoms with Gasteiger partial charge in [-0.05, 0) is 24.8 Å². The molecule has 178 valence electrons. The Balaban J connectivity index is 1.31. The van der Waals surface area contributed by atoms with Gasteiger partial charge < -0.3 is 4.90 Å². The number of hydrogen-bond donors (Lipinski definition) is 0. The van der Waals surface area contributed by atoms with E-state index in [4.69, 9.17) is 0 Å². The second kappa shape index (κ2) is 8.23. The van der Waals surface area contributed by atoms with Gasteiger partial charge in [-0.2, -0.15) is 18.3 Å². The molecule has 5 rings (SSSR count). The minimum atomic E-state index is -4.22. The summed E-state index contributed by atoms with van der Waals surface area (Å²) in [6.45, 7) is 8.29. The first-order valence-corrected chi connectivity index (χ1v) is 12.2. The van der Waals surface area contributed by atoms with E-state index in [2.05, 4.69) is 44.9 Å². The molecular weight excluding hydrogens is 449 g/mol. The molecule has 0 bridgehead atoms. The molecule has 2 fully saturated rings. The van der Waals surface area contributed by atoms with Gasteiger partial charge in [0, 0.05) is 61.3 Å². The maximum Gasteiger partial charge on any atom is 0.393 e. The molecule has 0 saturated carbocycles. The predicted molar refractivity (Wildman–Crippen MR) is 123 cm³/mol. The Morgan fingerprint density at radius 3 is 2.64 bits per heavy atom. The number of aryl methyl sites for hydroxylation is 1. The molecule has 0 radical (unpaired) electrons. The van der Waals surface area contributed by atoms with Gasteiger partial charge in [-0.1, -0.05) is 13.8 Å². The molecule has 2 saturated heterocycles. The standard InChI is InChI=1S/C23H29F3N6S/c1-15(2)6-19(16-9-29-30(3)10-16)32-12-22(13-32)4-5-31(11-22)20-18-7-17(8-23(24,25)26)33-21(18)28-14-27-20/h7,9-10,14-15,19H,4-6,8,11-13H2,1-3H3/t19-/m0/s1. The van der Waals surface area contributed by atoms with Crippen molar-refractivity contribution in [1.29, 1.82) is 0 Å². The molecule has 0 aromatic carbocycles. The maximum atomic E-state index is 12.9. The Bertz CT molecular complexity index is 1130. The third-order valence-corrected chi connectivity index (χ3v) is 7.84. The maximum absolute atomic E-state index is 12.9. The summed E-state index contributed by atoms with van der Waals surface area (Å²) in [4.78, 5) is 14.4. The number of nitrogens with zero attached hydrogens (tertiary/aromatic N) is 6. The molecule has 3 aromatic rings. The first-order valence-electron chi connectivity index (χ1n) is 11.4. The van der Waals surface area contributed by atoms with Crippen LogP contribution >= 0.6 is 11.3 Å². The fourth-order valence-corrected chi connectivity index (χ4v) is 6.42. The molecule has 0 aliphatic carbocycles. The number of alkyl halides is 3. The Hall–Kier alpha value is -2.20. The lowest BCUT2D eigenvalue weighted by molar-refractivity contribution is -0.126. The van der Waals surface area contributed by atoms with Crippen LogP contribution in [0.1, 0.15) is 43.2 Å². The molecule has 2 aliphatic heterocycles. The van der Waals surface area contributed by atoms with Crippen molar-refractivity contribution in [2.24, 2.45) is 18.4 Å². The van der Waals surface area contributed by atoms with Crippen LogP contribution in [0.25, 0.3) is 10.2 Å². The first kappa shape index (κ1) is 22.6. The Morgan fingerprint density at radius 2 is 1.97 bits per heavy atom. The molecule has 3 aromatic heterocycles. The minimum absolute atomic E-state index is 0.208. The number of fused-ring (bicyclic) bond motifs is 1. The van der Waals surface area contributed by atoms with Crippen molar-refractivity contribution in [1.82, 2.24) is 24.6 Å². The minimum Gasteiger partial charge on any atom is -0.355 e. The molecule has 1 spiro atoms. The number of thiophene rings is 1. The monoisotopic (exact) mass is 478 g/mol. The van der Waals surface area contributed by atoms with Gasteiger partial charge in [-0.3, -0.25) is 9.58 Å². The fraction of sp³-hybridized carbons (Fsp3) is 0.609. The molecule has 0 N–H and O–H groups in total. The van der Waals surface area contributed by atoms with Gasteiger partial charge in [0.05, 0.1) is 18.0 Å². The SMILES string of the molecule is CC(C)C[C@@H](c1cnn(C)c1)N1CC2(CCN(c3ncnc4sc(CC(F)(F)F)cc34)C2)C1. The van der Waals surface area contributed by atoms with E-state index in [1.54, 1.807) is 6.07 Å². The highest BCUT2D eigenvalue weighted by atomic mass is 32.1. The average Bonchev–Trinajstić information content (AvgIpc) is 3.40. The van der Waals surface area contributed by atoms with Gasteiger partial charge in [-0.25, -0.2) is 9.97 Å². The van der Waals surface area contributed by atoms with Gasteiger partial charge in [0.25, 0.3) is 0 Å². The lowest BCUT2D eigenvalue weighted by atomic mass is 9.77. The summed E-state index contributed by atoms with van der Waals surface area (Å²) >= 11 is 1.11. The molecule has 0 amide bonds. The second-order valence-corrected chi connectivity index (χ2v) is 11.2. The summed E-state index contributed by atoms with van der Waals surface area (Å²) in [6.07, 6.45) is 2.59. The van der Waals surface area contributed by atoms with Crippen LogP contribution in [0, 0.1) is 11.3 Å². The zero-order valence-corrected chi connectivity index (χ0v) is 20.0. The topological polar surface area (TPSA) is 50.1 Å². The van der Waals surface area contributed by atoms with Gasteiger partial charge in [0.15, 0.2) is 0 Å². The van der Waals surface area contributed by atoms with Crippen LogP contribution in [0.2, 0.25) is 0 Å². The van der Waals surface area contributed by atoms with Gasteiger partial charge >= 0.3 is 6.18 Å². The quantitative estimate of drug-likeness (QED) is 0.508. The Kier molecular flexibility index (Phi) is 5.63. The lowest BCUT2D eigenvalue weighted by Crippen LogP contribution is -2.58. The number of likely N-dealkylation sites (tertiary alicyclic amines) is 1. The van der Waals surface area contributed by atoms with Crippen LogP contribution in [0.3, 0.4) is 0 Å². The number of rotatable bonds is 6. The van der Waals surface area contributed by atoms with Crippen molar-refractivity contribution in [3.05, 3.63) is 35.2 Å². The molecule has 6 nitrogen and oxygen atoms in total. The van der Waals surface area contributed by atoms with Crippen molar-refractivity contribution in [3.8, 4) is 0 Å². The van der Waals surface area contributed by atoms with Crippen molar-refractivity contribution in [2.75, 3.05) is 31.1 Å². The lowest BCUT2D eigenvalue weighted by Gasteiger charge is -2.52. The fourth-order valence-electron chi connectivity index (χ4n) is 5.39. The molecule has 10 heteroatoms. The summed E-state index contributed by atoms with van der Waals surface area (Å²) < 4.78 is 40.5. The van der Waals surface area contributed by atoms with E-state index < -0.39 is 12.6 Å². The van der Waals surface area contributed by atoms with E-state index >= 15 is 0 Å². The van der Waals surface area contributed by atoms with Crippen LogP contribution in [-0.2, 0) is 13.5 Å². The van der Waals surface area contributed by atoms with Crippen LogP contribution in [0.4, 0.5) is 19.0 Å². The molecule has 1 atom stereocenters. The van der Waals surface area contributed by atoms with E-state index in [0.29, 0.717) is 16.8 Å². The van der Waals surface area contributed by atoms with E-state index in [1.807, 2.05) is 17.9 Å². The normalized spacial score (nSPS) is 19.7. The molecular formula is C23H29F3N6S. The van der Waals surface area contributed by atoms with Crippen molar-refractivity contribution < 1.29 is 13.2 Å². The number of aromatic nitrogens is 4. The smallest absolute Gasteiger partial charge is 0.355 e. The second-order valence-electron chi connectivity index (χ2n) is 10.1. The predicted octanol–water partition coefficient (Wildman–Crippen LogP) is 4.83.